The molecule has 3 atom stereocenters. The molecule has 0 aliphatic carbocycles. The number of para-hydroxylation sites is 1. The van der Waals surface area contributed by atoms with Crippen molar-refractivity contribution in [3.63, 3.8) is 0 Å². The Morgan fingerprint density at radius 1 is 1.00 bits per heavy atom. The van der Waals surface area contributed by atoms with Gasteiger partial charge in [-0.25, -0.2) is 4.98 Å². The second-order valence-electron chi connectivity index (χ2n) is 12.2. The first-order valence-corrected chi connectivity index (χ1v) is 15.7. The summed E-state index contributed by atoms with van der Waals surface area (Å²) in [7, 11) is 0. The van der Waals surface area contributed by atoms with Gasteiger partial charge in [-0.3, -0.25) is 14.2 Å². The molecule has 2 aliphatic heterocycles. The number of hydrogen-bond acceptors (Lipinski definition) is 7. The Morgan fingerprint density at radius 3 is 2.49 bits per heavy atom. The van der Waals surface area contributed by atoms with Gasteiger partial charge in [-0.1, -0.05) is 48.5 Å². The number of benzene rings is 2. The van der Waals surface area contributed by atoms with Crippen molar-refractivity contribution in [3.05, 3.63) is 119 Å². The summed E-state index contributed by atoms with van der Waals surface area (Å²) in [5.41, 5.74) is 1.72. The van der Waals surface area contributed by atoms with Crippen molar-refractivity contribution in [1.82, 2.24) is 34.5 Å². The van der Waals surface area contributed by atoms with Crippen molar-refractivity contribution >= 4 is 16.9 Å². The second kappa shape index (κ2) is 12.4. The van der Waals surface area contributed by atoms with Crippen molar-refractivity contribution in [2.24, 2.45) is 11.8 Å². The third-order valence-corrected chi connectivity index (χ3v) is 9.56. The number of rotatable bonds is 7. The fraction of sp³-hybridized carbons (Fsp3) is 0.343. The summed E-state index contributed by atoms with van der Waals surface area (Å²) in [4.78, 5) is 34.0. The molecule has 1 unspecified atom stereocenters. The minimum atomic E-state index is -1.55. The smallest absolute Gasteiger partial charge is 0.262 e. The van der Waals surface area contributed by atoms with E-state index in [1.54, 1.807) is 17.1 Å². The van der Waals surface area contributed by atoms with Crippen LogP contribution in [0.5, 0.6) is 0 Å². The van der Waals surface area contributed by atoms with Crippen LogP contribution in [0.25, 0.3) is 16.7 Å². The molecular weight excluding hydrogens is 566 g/mol. The lowest BCUT2D eigenvalue weighted by molar-refractivity contribution is -0.163. The van der Waals surface area contributed by atoms with Crippen LogP contribution in [0.15, 0.2) is 102 Å². The van der Waals surface area contributed by atoms with E-state index < -0.39 is 11.5 Å². The van der Waals surface area contributed by atoms with Crippen molar-refractivity contribution in [3.8, 4) is 5.69 Å². The zero-order chi connectivity index (χ0) is 30.8. The van der Waals surface area contributed by atoms with Gasteiger partial charge in [-0.15, -0.1) is 0 Å². The SMILES string of the molecule is O=C(N1CCC(Cn2cnc3c(ccn3-c3ccccc3)c2=O)CC1)[C@@]1(O)CCNC[C@H]1C(c1ccccc1)c1cccnn1. The molecule has 230 valence electrons. The Balaban J connectivity index is 1.07. The van der Waals surface area contributed by atoms with Crippen LogP contribution in [-0.2, 0) is 11.3 Å². The number of carbonyl (C=O) groups is 1. The zero-order valence-electron chi connectivity index (χ0n) is 25.1. The minimum absolute atomic E-state index is 0.0592. The van der Waals surface area contributed by atoms with E-state index >= 15 is 0 Å². The van der Waals surface area contributed by atoms with Crippen LogP contribution in [0.4, 0.5) is 0 Å². The van der Waals surface area contributed by atoms with E-state index in [4.69, 9.17) is 0 Å². The summed E-state index contributed by atoms with van der Waals surface area (Å²) in [5, 5.41) is 24.8. The average molecular weight is 604 g/mol. The van der Waals surface area contributed by atoms with Gasteiger partial charge in [0.05, 0.1) is 17.4 Å². The number of amides is 1. The lowest BCUT2D eigenvalue weighted by atomic mass is 9.69. The Labute approximate surface area is 261 Å². The quantitative estimate of drug-likeness (QED) is 0.293. The van der Waals surface area contributed by atoms with Crippen LogP contribution < -0.4 is 10.9 Å². The molecule has 2 fully saturated rings. The summed E-state index contributed by atoms with van der Waals surface area (Å²) in [6, 6.07) is 25.4. The maximum atomic E-state index is 14.2. The van der Waals surface area contributed by atoms with Crippen LogP contribution in [0, 0.1) is 11.8 Å². The molecule has 5 heterocycles. The standard InChI is InChI=1S/C35H37N7O3/c43-33-28-15-21-42(27-10-5-2-6-11-27)32(28)37-24-41(33)23-25-13-19-40(20-14-25)34(44)35(45)16-18-36-22-29(35)31(26-8-3-1-4-9-26)30-12-7-17-38-39-30/h1-12,15,17,21,24-25,29,31,36,45H,13-14,16,18-20,22-23H2/t29-,31?,35+/m0/s1. The van der Waals surface area contributed by atoms with Gasteiger partial charge in [0, 0.05) is 56.1 Å². The number of aliphatic hydroxyl groups is 1. The highest BCUT2D eigenvalue weighted by atomic mass is 16.3. The lowest BCUT2D eigenvalue weighted by Gasteiger charge is -2.46. The molecule has 2 aromatic carbocycles. The first-order valence-electron chi connectivity index (χ1n) is 15.7. The molecule has 7 rings (SSSR count). The van der Waals surface area contributed by atoms with E-state index in [1.807, 2.05) is 94.5 Å². The molecule has 2 aliphatic rings. The molecule has 10 heteroatoms. The molecule has 3 aromatic heterocycles. The maximum Gasteiger partial charge on any atom is 0.262 e. The number of fused-ring (bicyclic) bond motifs is 1. The van der Waals surface area contributed by atoms with E-state index in [0.717, 1.165) is 29.8 Å². The molecule has 0 radical (unpaired) electrons. The lowest BCUT2D eigenvalue weighted by Crippen LogP contribution is -2.62. The highest BCUT2D eigenvalue weighted by molar-refractivity contribution is 5.86. The first-order chi connectivity index (χ1) is 22.0. The molecule has 0 saturated carbocycles. The summed E-state index contributed by atoms with van der Waals surface area (Å²) in [6.07, 6.45) is 6.96. The summed E-state index contributed by atoms with van der Waals surface area (Å²) >= 11 is 0. The van der Waals surface area contributed by atoms with Crippen LogP contribution in [0.3, 0.4) is 0 Å². The Hall–Kier alpha value is -4.67. The van der Waals surface area contributed by atoms with Crippen molar-refractivity contribution < 1.29 is 9.90 Å². The number of carbonyl (C=O) groups excluding carboxylic acids is 1. The molecule has 1 amide bonds. The number of nitrogens with zero attached hydrogens (tertiary/aromatic N) is 6. The predicted octanol–water partition coefficient (Wildman–Crippen LogP) is 3.39. The van der Waals surface area contributed by atoms with Crippen molar-refractivity contribution in [2.45, 2.75) is 37.3 Å². The van der Waals surface area contributed by atoms with Crippen molar-refractivity contribution in [1.29, 1.82) is 0 Å². The molecule has 45 heavy (non-hydrogen) atoms. The highest BCUT2D eigenvalue weighted by Gasteiger charge is 2.51. The van der Waals surface area contributed by atoms with Crippen LogP contribution >= 0.6 is 0 Å². The monoisotopic (exact) mass is 603 g/mol. The number of likely N-dealkylation sites (tertiary alicyclic amines) is 1. The van der Waals surface area contributed by atoms with E-state index in [2.05, 4.69) is 20.5 Å². The average Bonchev–Trinajstić information content (AvgIpc) is 3.53. The van der Waals surface area contributed by atoms with Gasteiger partial charge in [0.1, 0.15) is 5.60 Å². The molecule has 2 saturated heterocycles. The van der Waals surface area contributed by atoms with Crippen LogP contribution in [0.1, 0.15) is 36.4 Å². The summed E-state index contributed by atoms with van der Waals surface area (Å²) < 4.78 is 3.62. The van der Waals surface area contributed by atoms with Gasteiger partial charge >= 0.3 is 0 Å². The summed E-state index contributed by atoms with van der Waals surface area (Å²) in [6.45, 7) is 2.64. The Bertz CT molecular complexity index is 1780. The normalized spacial score (nSPS) is 21.5. The first kappa shape index (κ1) is 29.1. The van der Waals surface area contributed by atoms with E-state index in [9.17, 15) is 14.7 Å². The molecule has 5 aromatic rings. The maximum absolute atomic E-state index is 14.2. The number of piperidine rings is 2. The summed E-state index contributed by atoms with van der Waals surface area (Å²) in [5.74, 6) is -0.725. The Kier molecular flexibility index (Phi) is 7.99. The second-order valence-corrected chi connectivity index (χ2v) is 12.2. The number of hydrogen-bond donors (Lipinski definition) is 2. The van der Waals surface area contributed by atoms with Gasteiger partial charge in [-0.2, -0.15) is 10.2 Å². The van der Waals surface area contributed by atoms with E-state index in [1.165, 1.54) is 0 Å². The van der Waals surface area contributed by atoms with Gasteiger partial charge < -0.3 is 19.9 Å². The van der Waals surface area contributed by atoms with Gasteiger partial charge in [-0.05, 0) is 67.6 Å². The van der Waals surface area contributed by atoms with E-state index in [0.29, 0.717) is 50.2 Å². The Morgan fingerprint density at radius 2 is 1.76 bits per heavy atom. The predicted molar refractivity (Wildman–Crippen MR) is 171 cm³/mol. The molecule has 10 nitrogen and oxygen atoms in total. The minimum Gasteiger partial charge on any atom is -0.380 e. The van der Waals surface area contributed by atoms with Crippen molar-refractivity contribution in [2.75, 3.05) is 26.2 Å². The van der Waals surface area contributed by atoms with Crippen LogP contribution in [-0.4, -0.2) is 72.0 Å². The van der Waals surface area contributed by atoms with Gasteiger partial charge in [0.15, 0.2) is 5.65 Å². The molecular formula is C35H37N7O3. The fourth-order valence-electron chi connectivity index (χ4n) is 7.15. The van der Waals surface area contributed by atoms with E-state index in [-0.39, 0.29) is 23.3 Å². The highest BCUT2D eigenvalue weighted by Crippen LogP contribution is 2.41. The molecule has 0 spiro atoms. The fourth-order valence-corrected chi connectivity index (χ4v) is 7.15. The molecule has 0 bridgehead atoms. The zero-order valence-corrected chi connectivity index (χ0v) is 25.1. The third kappa shape index (κ3) is 5.55. The number of nitrogens with one attached hydrogen (secondary N) is 1. The van der Waals surface area contributed by atoms with Crippen LogP contribution in [0.2, 0.25) is 0 Å². The van der Waals surface area contributed by atoms with Gasteiger partial charge in [0.2, 0.25) is 0 Å². The number of aromatic nitrogens is 5. The third-order valence-electron chi connectivity index (χ3n) is 9.56. The van der Waals surface area contributed by atoms with Gasteiger partial charge in [0.25, 0.3) is 11.5 Å². The topological polar surface area (TPSA) is 118 Å². The largest absolute Gasteiger partial charge is 0.380 e. The molecule has 2 N–H and O–H groups in total.